The molecule has 1 aromatic carbocycles. The minimum Gasteiger partial charge on any atom is -0.379 e. The lowest BCUT2D eigenvalue weighted by Gasteiger charge is -2.18. The maximum Gasteiger partial charge on any atom is 0.418 e. The van der Waals surface area contributed by atoms with Crippen LogP contribution >= 0.6 is 11.6 Å². The molecule has 7 nitrogen and oxygen atoms in total. The normalized spacial score (nSPS) is 12.4. The minimum atomic E-state index is -4.81. The van der Waals surface area contributed by atoms with Gasteiger partial charge in [0.1, 0.15) is 5.69 Å². The van der Waals surface area contributed by atoms with E-state index < -0.39 is 37.4 Å². The number of sulfonamides is 1. The van der Waals surface area contributed by atoms with Gasteiger partial charge in [0.2, 0.25) is 10.0 Å². The third-order valence-corrected chi connectivity index (χ3v) is 5.00. The number of hydrogen-bond acceptors (Lipinski definition) is 5. The Hall–Kier alpha value is -1.59. The lowest BCUT2D eigenvalue weighted by molar-refractivity contribution is -0.384. The summed E-state index contributed by atoms with van der Waals surface area (Å²) >= 11 is 5.57. The van der Waals surface area contributed by atoms with Crippen molar-refractivity contribution in [1.82, 2.24) is 4.31 Å². The summed E-state index contributed by atoms with van der Waals surface area (Å²) in [6, 6.07) is 1.22. The number of rotatable bonds is 8. The van der Waals surface area contributed by atoms with Crippen molar-refractivity contribution in [3.05, 3.63) is 32.8 Å². The maximum atomic E-state index is 12.8. The highest BCUT2D eigenvalue weighted by atomic mass is 35.5. The van der Waals surface area contributed by atoms with Crippen LogP contribution in [-0.4, -0.2) is 43.5 Å². The summed E-state index contributed by atoms with van der Waals surface area (Å²) in [5.41, 5.74) is -2.21. The van der Waals surface area contributed by atoms with Crippen LogP contribution in [0.4, 0.5) is 24.5 Å². The molecule has 12 heteroatoms. The maximum absolute atomic E-state index is 12.8. The van der Waals surface area contributed by atoms with Gasteiger partial charge in [-0.05, 0) is 12.5 Å². The van der Waals surface area contributed by atoms with Crippen LogP contribution in [-0.2, 0) is 16.2 Å². The van der Waals surface area contributed by atoms with E-state index in [1.54, 1.807) is 6.92 Å². The van der Waals surface area contributed by atoms with Gasteiger partial charge >= 0.3 is 6.18 Å². The highest BCUT2D eigenvalue weighted by Crippen LogP contribution is 2.40. The first kappa shape index (κ1) is 21.5. The van der Waals surface area contributed by atoms with Crippen LogP contribution in [0.2, 0.25) is 5.02 Å². The molecule has 0 amide bonds. The van der Waals surface area contributed by atoms with Gasteiger partial charge in [-0.2, -0.15) is 13.2 Å². The number of nitrogens with zero attached hydrogens (tertiary/aromatic N) is 2. The predicted octanol–water partition coefficient (Wildman–Crippen LogP) is 3.35. The second-order valence-corrected chi connectivity index (χ2v) is 7.53. The first-order valence-corrected chi connectivity index (χ1v) is 9.34. The fourth-order valence-electron chi connectivity index (χ4n) is 2.11. The molecule has 1 aromatic rings. The number of benzene rings is 1. The van der Waals surface area contributed by atoms with Crippen molar-refractivity contribution in [2.75, 3.05) is 31.2 Å². The number of anilines is 1. The Balaban J connectivity index is 2.89. The molecule has 1 N–H and O–H groups in total. The molecule has 0 atom stereocenters. The molecule has 0 spiro atoms. The quantitative estimate of drug-likeness (QED) is 0.408. The fourth-order valence-corrected chi connectivity index (χ4v) is 3.31. The molecule has 25 heavy (non-hydrogen) atoms. The SMILES string of the molecule is CCN(CCCNc1cc(Cl)c(C(F)(F)F)cc1[N+](=O)[O-])S(C)(=O)=O. The Morgan fingerprint density at radius 2 is 1.96 bits per heavy atom. The first-order valence-electron chi connectivity index (χ1n) is 7.12. The van der Waals surface area contributed by atoms with Gasteiger partial charge in [0.05, 0.1) is 21.8 Å². The van der Waals surface area contributed by atoms with Crippen molar-refractivity contribution in [2.24, 2.45) is 0 Å². The molecule has 0 aromatic heterocycles. The van der Waals surface area contributed by atoms with Crippen LogP contribution < -0.4 is 5.32 Å². The molecule has 0 bridgehead atoms. The third kappa shape index (κ3) is 6.01. The van der Waals surface area contributed by atoms with Crippen LogP contribution in [0.1, 0.15) is 18.9 Å². The molecule has 0 aliphatic rings. The summed E-state index contributed by atoms with van der Waals surface area (Å²) in [6.07, 6.45) is -3.45. The van der Waals surface area contributed by atoms with E-state index in [0.29, 0.717) is 12.5 Å². The van der Waals surface area contributed by atoms with Crippen LogP contribution in [0.25, 0.3) is 0 Å². The number of hydrogen-bond donors (Lipinski definition) is 1. The molecular weight excluding hydrogens is 387 g/mol. The Kier molecular flexibility index (Phi) is 7.03. The van der Waals surface area contributed by atoms with Crippen molar-refractivity contribution in [3.8, 4) is 0 Å². The van der Waals surface area contributed by atoms with Crippen LogP contribution in [0.15, 0.2) is 12.1 Å². The fraction of sp³-hybridized carbons (Fsp3) is 0.538. The Morgan fingerprint density at radius 1 is 1.36 bits per heavy atom. The van der Waals surface area contributed by atoms with Gasteiger partial charge in [-0.15, -0.1) is 0 Å². The van der Waals surface area contributed by atoms with Gasteiger partial charge in [0, 0.05) is 25.7 Å². The van der Waals surface area contributed by atoms with Gasteiger partial charge in [-0.1, -0.05) is 18.5 Å². The average Bonchev–Trinajstić information content (AvgIpc) is 2.44. The smallest absolute Gasteiger partial charge is 0.379 e. The highest BCUT2D eigenvalue weighted by Gasteiger charge is 2.36. The number of nitro benzene ring substituents is 1. The zero-order chi connectivity index (χ0) is 19.4. The molecule has 0 fully saturated rings. The molecule has 0 aliphatic carbocycles. The van der Waals surface area contributed by atoms with Crippen molar-refractivity contribution in [3.63, 3.8) is 0 Å². The topological polar surface area (TPSA) is 92.5 Å². The number of nitrogens with one attached hydrogen (secondary N) is 1. The molecule has 0 aliphatic heterocycles. The molecule has 1 rings (SSSR count). The predicted molar refractivity (Wildman–Crippen MR) is 88.3 cm³/mol. The van der Waals surface area contributed by atoms with Gasteiger partial charge in [-0.25, -0.2) is 12.7 Å². The Morgan fingerprint density at radius 3 is 2.40 bits per heavy atom. The zero-order valence-corrected chi connectivity index (χ0v) is 15.0. The molecule has 0 saturated carbocycles. The van der Waals surface area contributed by atoms with Crippen LogP contribution in [0, 0.1) is 10.1 Å². The van der Waals surface area contributed by atoms with E-state index in [1.807, 2.05) is 0 Å². The van der Waals surface area contributed by atoms with E-state index >= 15 is 0 Å². The van der Waals surface area contributed by atoms with Crippen molar-refractivity contribution in [2.45, 2.75) is 19.5 Å². The number of nitro groups is 1. The molecule has 0 radical (unpaired) electrons. The van der Waals surface area contributed by atoms with E-state index in [-0.39, 0.29) is 25.3 Å². The molecule has 0 saturated heterocycles. The minimum absolute atomic E-state index is 0.120. The Bertz CT molecular complexity index is 741. The van der Waals surface area contributed by atoms with E-state index in [2.05, 4.69) is 5.32 Å². The average molecular weight is 404 g/mol. The summed E-state index contributed by atoms with van der Waals surface area (Å²) in [7, 11) is -3.36. The van der Waals surface area contributed by atoms with Crippen LogP contribution in [0.3, 0.4) is 0 Å². The monoisotopic (exact) mass is 403 g/mol. The third-order valence-electron chi connectivity index (χ3n) is 3.31. The van der Waals surface area contributed by atoms with Crippen LogP contribution in [0.5, 0.6) is 0 Å². The van der Waals surface area contributed by atoms with E-state index in [1.165, 1.54) is 4.31 Å². The summed E-state index contributed by atoms with van der Waals surface area (Å²) in [6.45, 7) is 2.22. The Labute approximate surface area is 148 Å². The molecule has 0 unspecified atom stereocenters. The standard InChI is InChI=1S/C13H17ClF3N3O4S/c1-3-19(25(2,23)24)6-4-5-18-11-8-10(14)9(13(15,16)17)7-12(11)20(21)22/h7-8,18H,3-6H2,1-2H3. The largest absolute Gasteiger partial charge is 0.418 e. The molecule has 142 valence electrons. The van der Waals surface area contributed by atoms with Crippen molar-refractivity contribution >= 4 is 33.0 Å². The number of halogens is 4. The van der Waals surface area contributed by atoms with Crippen molar-refractivity contribution < 1.29 is 26.5 Å². The lowest BCUT2D eigenvalue weighted by atomic mass is 10.1. The summed E-state index contributed by atoms with van der Waals surface area (Å²) in [5, 5.41) is 13.0. The van der Waals surface area contributed by atoms with E-state index in [0.717, 1.165) is 12.3 Å². The zero-order valence-electron chi connectivity index (χ0n) is 13.4. The van der Waals surface area contributed by atoms with Crippen molar-refractivity contribution in [1.29, 1.82) is 0 Å². The van der Waals surface area contributed by atoms with Gasteiger partial charge < -0.3 is 5.32 Å². The number of alkyl halides is 3. The molecule has 0 heterocycles. The van der Waals surface area contributed by atoms with Gasteiger partial charge in [0.25, 0.3) is 5.69 Å². The highest BCUT2D eigenvalue weighted by molar-refractivity contribution is 7.88. The summed E-state index contributed by atoms with van der Waals surface area (Å²) in [5.74, 6) is 0. The van der Waals surface area contributed by atoms with E-state index in [9.17, 15) is 31.7 Å². The second-order valence-electron chi connectivity index (χ2n) is 5.14. The van der Waals surface area contributed by atoms with Gasteiger partial charge in [-0.3, -0.25) is 10.1 Å². The summed E-state index contributed by atoms with van der Waals surface area (Å²) < 4.78 is 62.4. The van der Waals surface area contributed by atoms with Gasteiger partial charge in [0.15, 0.2) is 0 Å². The molecular formula is C13H17ClF3N3O4S. The lowest BCUT2D eigenvalue weighted by Crippen LogP contribution is -2.31. The summed E-state index contributed by atoms with van der Waals surface area (Å²) in [4.78, 5) is 10.1. The first-order chi connectivity index (χ1) is 11.4. The second kappa shape index (κ2) is 8.19. The van der Waals surface area contributed by atoms with E-state index in [4.69, 9.17) is 11.6 Å².